The third-order valence-corrected chi connectivity index (χ3v) is 4.68. The van der Waals surface area contributed by atoms with Gasteiger partial charge in [-0.25, -0.2) is 8.42 Å². The van der Waals surface area contributed by atoms with Crippen molar-refractivity contribution in [2.45, 2.75) is 4.90 Å². The summed E-state index contributed by atoms with van der Waals surface area (Å²) in [5.74, 6) is 1.61. The van der Waals surface area contributed by atoms with Crippen LogP contribution in [0.1, 0.15) is 0 Å². The Balaban J connectivity index is 1.77. The summed E-state index contributed by atoms with van der Waals surface area (Å²) in [5, 5.41) is 0. The first-order valence-electron chi connectivity index (χ1n) is 7.35. The summed E-state index contributed by atoms with van der Waals surface area (Å²) < 4.78 is 43.7. The molecule has 7 heteroatoms. The normalized spacial score (nSPS) is 13.2. The summed E-state index contributed by atoms with van der Waals surface area (Å²) in [6.07, 6.45) is 1.64. The second-order valence-electron chi connectivity index (χ2n) is 5.04. The molecule has 0 spiro atoms. The van der Waals surface area contributed by atoms with Gasteiger partial charge in [-0.15, -0.1) is 0 Å². The highest BCUT2D eigenvalue weighted by Gasteiger charge is 2.19. The lowest BCUT2D eigenvalue weighted by Crippen LogP contribution is -2.17. The summed E-state index contributed by atoms with van der Waals surface area (Å²) in [4.78, 5) is 0.110. The van der Waals surface area contributed by atoms with Crippen molar-refractivity contribution in [2.75, 3.05) is 24.5 Å². The number of rotatable bonds is 6. The molecule has 0 aliphatic carbocycles. The van der Waals surface area contributed by atoms with Gasteiger partial charge in [-0.2, -0.15) is 0 Å². The predicted octanol–water partition coefficient (Wildman–Crippen LogP) is 2.82. The molecule has 0 fully saturated rings. The van der Waals surface area contributed by atoms with Crippen LogP contribution in [0.3, 0.4) is 0 Å². The quantitative estimate of drug-likeness (QED) is 0.814. The van der Waals surface area contributed by atoms with Crippen molar-refractivity contribution >= 4 is 15.7 Å². The molecule has 0 unspecified atom stereocenters. The Hall–Kier alpha value is -2.67. The lowest BCUT2D eigenvalue weighted by atomic mass is 10.3. The van der Waals surface area contributed by atoms with Gasteiger partial charge >= 0.3 is 0 Å². The van der Waals surface area contributed by atoms with E-state index in [1.54, 1.807) is 36.4 Å². The highest BCUT2D eigenvalue weighted by atomic mass is 32.2. The van der Waals surface area contributed by atoms with Crippen molar-refractivity contribution in [3.8, 4) is 17.2 Å². The van der Waals surface area contributed by atoms with Crippen molar-refractivity contribution in [3.05, 3.63) is 55.1 Å². The van der Waals surface area contributed by atoms with Crippen LogP contribution in [-0.2, 0) is 10.0 Å². The highest BCUT2D eigenvalue weighted by molar-refractivity contribution is 7.92. The third-order valence-electron chi connectivity index (χ3n) is 3.30. The van der Waals surface area contributed by atoms with Crippen LogP contribution in [-0.4, -0.2) is 28.2 Å². The molecule has 0 amide bonds. The zero-order valence-electron chi connectivity index (χ0n) is 12.9. The maximum absolute atomic E-state index is 12.5. The fraction of sp³-hybridized carbons (Fsp3) is 0.176. The Morgan fingerprint density at radius 2 is 1.79 bits per heavy atom. The molecule has 0 saturated heterocycles. The van der Waals surface area contributed by atoms with Gasteiger partial charge in [0.05, 0.1) is 4.90 Å². The van der Waals surface area contributed by atoms with Gasteiger partial charge in [-0.1, -0.05) is 12.7 Å². The van der Waals surface area contributed by atoms with Crippen LogP contribution in [0.25, 0.3) is 0 Å². The van der Waals surface area contributed by atoms with Crippen molar-refractivity contribution in [1.29, 1.82) is 0 Å². The van der Waals surface area contributed by atoms with E-state index < -0.39 is 10.0 Å². The zero-order valence-corrected chi connectivity index (χ0v) is 13.7. The number of anilines is 1. The van der Waals surface area contributed by atoms with Crippen molar-refractivity contribution in [3.63, 3.8) is 0 Å². The Bertz CT molecular complexity index is 831. The minimum atomic E-state index is -3.72. The molecule has 1 aliphatic rings. The van der Waals surface area contributed by atoms with Crippen LogP contribution in [0.15, 0.2) is 60.0 Å². The van der Waals surface area contributed by atoms with E-state index in [0.717, 1.165) is 0 Å². The third kappa shape index (κ3) is 3.62. The van der Waals surface area contributed by atoms with Crippen LogP contribution in [0.4, 0.5) is 5.69 Å². The van der Waals surface area contributed by atoms with Crippen molar-refractivity contribution in [1.82, 2.24) is 0 Å². The van der Waals surface area contributed by atoms with Crippen LogP contribution >= 0.6 is 0 Å². The molecule has 1 heterocycles. The Labute approximate surface area is 140 Å². The molecular formula is C17H17NO5S. The maximum Gasteiger partial charge on any atom is 0.262 e. The van der Waals surface area contributed by atoms with E-state index in [1.165, 1.54) is 12.1 Å². The van der Waals surface area contributed by atoms with E-state index >= 15 is 0 Å². The monoisotopic (exact) mass is 347 g/mol. The summed E-state index contributed by atoms with van der Waals surface area (Å²) in [7, 11) is -3.72. The van der Waals surface area contributed by atoms with Crippen LogP contribution in [0, 0.1) is 0 Å². The molecule has 126 valence electrons. The van der Waals surface area contributed by atoms with E-state index in [-0.39, 0.29) is 4.90 Å². The second kappa shape index (κ2) is 6.84. The van der Waals surface area contributed by atoms with E-state index in [0.29, 0.717) is 42.8 Å². The van der Waals surface area contributed by atoms with Crippen LogP contribution in [0.5, 0.6) is 17.2 Å². The molecule has 6 nitrogen and oxygen atoms in total. The van der Waals surface area contributed by atoms with Crippen LogP contribution < -0.4 is 18.9 Å². The average Bonchev–Trinajstić information content (AvgIpc) is 2.60. The first-order chi connectivity index (χ1) is 11.6. The molecular weight excluding hydrogens is 330 g/mol. The zero-order chi connectivity index (χ0) is 17.0. The molecule has 1 aliphatic heterocycles. The summed E-state index contributed by atoms with van der Waals surface area (Å²) in [6, 6.07) is 11.2. The molecule has 2 aromatic carbocycles. The highest BCUT2D eigenvalue weighted by Crippen LogP contribution is 2.32. The SMILES string of the molecule is C=CCOc1ccc(NS(=O)(=O)c2ccc3c(c2)OCCO3)cc1. The molecule has 0 radical (unpaired) electrons. The lowest BCUT2D eigenvalue weighted by Gasteiger charge is -2.19. The maximum atomic E-state index is 12.5. The smallest absolute Gasteiger partial charge is 0.262 e. The van der Waals surface area contributed by atoms with Gasteiger partial charge in [0.15, 0.2) is 11.5 Å². The van der Waals surface area contributed by atoms with Crippen molar-refractivity contribution < 1.29 is 22.6 Å². The number of sulfonamides is 1. The number of ether oxygens (including phenoxy) is 3. The van der Waals surface area contributed by atoms with Gasteiger partial charge in [0, 0.05) is 11.8 Å². The summed E-state index contributed by atoms with van der Waals surface area (Å²) >= 11 is 0. The van der Waals surface area contributed by atoms with Gasteiger partial charge in [0.2, 0.25) is 0 Å². The Morgan fingerprint density at radius 1 is 1.08 bits per heavy atom. The number of hydrogen-bond donors (Lipinski definition) is 1. The first kappa shape index (κ1) is 16.2. The van der Waals surface area contributed by atoms with E-state index in [4.69, 9.17) is 14.2 Å². The van der Waals surface area contributed by atoms with Gasteiger partial charge in [0.25, 0.3) is 10.0 Å². The minimum Gasteiger partial charge on any atom is -0.490 e. The van der Waals surface area contributed by atoms with Gasteiger partial charge in [-0.3, -0.25) is 4.72 Å². The second-order valence-corrected chi connectivity index (χ2v) is 6.72. The van der Waals surface area contributed by atoms with Crippen LogP contribution in [0.2, 0.25) is 0 Å². The fourth-order valence-electron chi connectivity index (χ4n) is 2.18. The number of hydrogen-bond acceptors (Lipinski definition) is 5. The average molecular weight is 347 g/mol. The summed E-state index contributed by atoms with van der Waals surface area (Å²) in [5.41, 5.74) is 0.441. The first-order valence-corrected chi connectivity index (χ1v) is 8.83. The molecule has 0 aromatic heterocycles. The topological polar surface area (TPSA) is 73.9 Å². The number of fused-ring (bicyclic) bond motifs is 1. The summed E-state index contributed by atoms with van der Waals surface area (Å²) in [6.45, 7) is 4.82. The van der Waals surface area contributed by atoms with Crippen molar-refractivity contribution in [2.24, 2.45) is 0 Å². The van der Waals surface area contributed by atoms with Gasteiger partial charge in [0.1, 0.15) is 25.6 Å². The Morgan fingerprint density at radius 3 is 2.50 bits per heavy atom. The molecule has 3 rings (SSSR count). The standard InChI is InChI=1S/C17H17NO5S/c1-2-9-21-14-5-3-13(4-6-14)18-24(19,20)15-7-8-16-17(12-15)23-11-10-22-16/h2-8,12,18H,1,9-11H2. The molecule has 24 heavy (non-hydrogen) atoms. The van der Waals surface area contributed by atoms with Gasteiger partial charge in [-0.05, 0) is 36.4 Å². The molecule has 1 N–H and O–H groups in total. The molecule has 0 atom stereocenters. The van der Waals surface area contributed by atoms with E-state index in [9.17, 15) is 8.42 Å². The molecule has 0 saturated carbocycles. The largest absolute Gasteiger partial charge is 0.490 e. The van der Waals surface area contributed by atoms with Gasteiger partial charge < -0.3 is 14.2 Å². The fourth-order valence-corrected chi connectivity index (χ4v) is 3.25. The Kier molecular flexibility index (Phi) is 4.61. The van der Waals surface area contributed by atoms with E-state index in [1.807, 2.05) is 0 Å². The number of nitrogens with one attached hydrogen (secondary N) is 1. The molecule has 2 aromatic rings. The minimum absolute atomic E-state index is 0.110. The molecule has 0 bridgehead atoms. The lowest BCUT2D eigenvalue weighted by molar-refractivity contribution is 0.171. The number of benzene rings is 2. The predicted molar refractivity (Wildman–Crippen MR) is 90.4 cm³/mol. The van der Waals surface area contributed by atoms with E-state index in [2.05, 4.69) is 11.3 Å².